The minimum absolute atomic E-state index is 0.159. The van der Waals surface area contributed by atoms with E-state index in [1.165, 1.54) is 0 Å². The molecule has 198 valence electrons. The highest BCUT2D eigenvalue weighted by Gasteiger charge is 2.23. The number of benzene rings is 3. The lowest BCUT2D eigenvalue weighted by Crippen LogP contribution is -2.11. The zero-order valence-corrected chi connectivity index (χ0v) is 23.4. The zero-order valence-electron chi connectivity index (χ0n) is 21.8. The number of carbonyl (C=O) groups excluding carboxylic acids is 1. The van der Waals surface area contributed by atoms with Crippen molar-refractivity contribution in [2.24, 2.45) is 0 Å². The molecule has 1 aliphatic heterocycles. The summed E-state index contributed by atoms with van der Waals surface area (Å²) in [6, 6.07) is 21.5. The van der Waals surface area contributed by atoms with Crippen LogP contribution in [0.25, 0.3) is 20.8 Å². The maximum Gasteiger partial charge on any atom is 0.256 e. The number of para-hydroxylation sites is 1. The molecule has 1 N–H and O–H groups in total. The van der Waals surface area contributed by atoms with Gasteiger partial charge in [0.1, 0.15) is 15.8 Å². The lowest BCUT2D eigenvalue weighted by Gasteiger charge is -2.08. The van der Waals surface area contributed by atoms with E-state index >= 15 is 0 Å². The van der Waals surface area contributed by atoms with Gasteiger partial charge in [0, 0.05) is 22.4 Å². The molecule has 6 rings (SSSR count). The smallest absolute Gasteiger partial charge is 0.256 e. The maximum absolute atomic E-state index is 13.4. The monoisotopic (exact) mass is 556 g/mol. The molecule has 1 amide bonds. The van der Waals surface area contributed by atoms with Gasteiger partial charge in [-0.1, -0.05) is 31.5 Å². The Balaban J connectivity index is 1.31. The van der Waals surface area contributed by atoms with Gasteiger partial charge in [-0.2, -0.15) is 0 Å². The first kappa shape index (κ1) is 25.4. The summed E-state index contributed by atoms with van der Waals surface area (Å²) in [5.41, 5.74) is 4.75. The van der Waals surface area contributed by atoms with E-state index in [1.807, 2.05) is 54.6 Å². The van der Waals surface area contributed by atoms with Crippen molar-refractivity contribution in [3.63, 3.8) is 0 Å². The van der Waals surface area contributed by atoms with Gasteiger partial charge in [-0.15, -0.1) is 22.7 Å². The highest BCUT2D eigenvalue weighted by Crippen LogP contribution is 2.44. The minimum Gasteiger partial charge on any atom is -0.494 e. The number of nitrogens with one attached hydrogen (secondary N) is 1. The Labute approximate surface area is 235 Å². The van der Waals surface area contributed by atoms with Crippen LogP contribution in [0.2, 0.25) is 0 Å². The number of hydrogen-bond donors (Lipinski definition) is 1. The van der Waals surface area contributed by atoms with Gasteiger partial charge >= 0.3 is 0 Å². The number of unbranched alkanes of at least 4 members (excludes halogenated alkanes) is 1. The molecule has 0 radical (unpaired) electrons. The van der Waals surface area contributed by atoms with E-state index in [0.29, 0.717) is 18.6 Å². The van der Waals surface area contributed by atoms with E-state index in [9.17, 15) is 4.79 Å². The predicted molar refractivity (Wildman–Crippen MR) is 158 cm³/mol. The fourth-order valence-corrected chi connectivity index (χ4v) is 6.88. The molecular weight excluding hydrogens is 528 g/mol. The normalized spacial score (nSPS) is 12.2. The van der Waals surface area contributed by atoms with Crippen molar-refractivity contribution in [1.29, 1.82) is 0 Å². The van der Waals surface area contributed by atoms with Crippen molar-refractivity contribution in [1.82, 2.24) is 4.98 Å². The molecule has 3 heterocycles. The molecule has 5 aromatic rings. The number of anilines is 1. The van der Waals surface area contributed by atoms with Crippen LogP contribution >= 0.6 is 22.7 Å². The Morgan fingerprint density at radius 2 is 1.85 bits per heavy atom. The Morgan fingerprint density at radius 3 is 2.67 bits per heavy atom. The molecule has 8 heteroatoms. The van der Waals surface area contributed by atoms with Gasteiger partial charge in [-0.3, -0.25) is 4.79 Å². The number of rotatable bonds is 9. The van der Waals surface area contributed by atoms with Crippen molar-refractivity contribution >= 4 is 43.8 Å². The van der Waals surface area contributed by atoms with E-state index in [4.69, 9.17) is 19.2 Å². The number of fused-ring (bicyclic) bond motifs is 2. The van der Waals surface area contributed by atoms with Gasteiger partial charge < -0.3 is 19.5 Å². The summed E-state index contributed by atoms with van der Waals surface area (Å²) < 4.78 is 17.9. The third-order valence-electron chi connectivity index (χ3n) is 6.67. The van der Waals surface area contributed by atoms with E-state index in [0.717, 1.165) is 71.9 Å². The average Bonchev–Trinajstić information content (AvgIpc) is 3.66. The van der Waals surface area contributed by atoms with Crippen molar-refractivity contribution in [2.75, 3.05) is 18.7 Å². The van der Waals surface area contributed by atoms with Crippen molar-refractivity contribution in [3.05, 3.63) is 88.3 Å². The van der Waals surface area contributed by atoms with Gasteiger partial charge in [0.2, 0.25) is 6.79 Å². The van der Waals surface area contributed by atoms with Crippen LogP contribution in [0.4, 0.5) is 5.00 Å². The molecule has 0 bridgehead atoms. The van der Waals surface area contributed by atoms with Crippen LogP contribution in [-0.2, 0) is 6.42 Å². The second-order valence-corrected chi connectivity index (χ2v) is 11.5. The number of carbonyl (C=O) groups is 1. The van der Waals surface area contributed by atoms with Crippen molar-refractivity contribution < 1.29 is 19.0 Å². The molecule has 3 aromatic carbocycles. The molecule has 0 saturated heterocycles. The molecule has 0 atom stereocenters. The molecule has 1 aliphatic rings. The highest BCUT2D eigenvalue weighted by molar-refractivity contribution is 7.23. The number of nitrogens with zero attached hydrogens (tertiary/aromatic N) is 1. The van der Waals surface area contributed by atoms with Gasteiger partial charge in [0.15, 0.2) is 11.5 Å². The van der Waals surface area contributed by atoms with E-state index in [1.54, 1.807) is 22.7 Å². The number of hydrogen-bond acceptors (Lipinski definition) is 7. The molecular formula is C31H28N2O4S2. The van der Waals surface area contributed by atoms with Crippen LogP contribution in [0.15, 0.2) is 66.7 Å². The summed E-state index contributed by atoms with van der Waals surface area (Å²) in [6.07, 6.45) is 2.79. The summed E-state index contributed by atoms with van der Waals surface area (Å²) in [5.74, 6) is 2.15. The number of aromatic nitrogens is 1. The molecule has 0 fully saturated rings. The largest absolute Gasteiger partial charge is 0.494 e. The first-order valence-electron chi connectivity index (χ1n) is 13.0. The zero-order chi connectivity index (χ0) is 26.8. The Bertz CT molecular complexity index is 1610. The second-order valence-electron chi connectivity index (χ2n) is 9.39. The quantitative estimate of drug-likeness (QED) is 0.186. The van der Waals surface area contributed by atoms with Crippen molar-refractivity contribution in [3.8, 4) is 27.8 Å². The molecule has 0 saturated carbocycles. The summed E-state index contributed by atoms with van der Waals surface area (Å²) >= 11 is 3.24. The Morgan fingerprint density at radius 1 is 1.03 bits per heavy atom. The van der Waals surface area contributed by atoms with E-state index in [2.05, 4.69) is 31.3 Å². The molecule has 39 heavy (non-hydrogen) atoms. The first-order valence-corrected chi connectivity index (χ1v) is 14.6. The van der Waals surface area contributed by atoms with Crippen LogP contribution in [0.5, 0.6) is 17.2 Å². The first-order chi connectivity index (χ1) is 19.1. The summed E-state index contributed by atoms with van der Waals surface area (Å²) in [7, 11) is 0. The van der Waals surface area contributed by atoms with Gasteiger partial charge in [0.05, 0.1) is 16.8 Å². The predicted octanol–water partition coefficient (Wildman–Crippen LogP) is 8.08. The molecule has 0 aliphatic carbocycles. The van der Waals surface area contributed by atoms with E-state index in [-0.39, 0.29) is 12.7 Å². The number of ether oxygens (including phenoxy) is 3. The minimum atomic E-state index is -0.159. The lowest BCUT2D eigenvalue weighted by atomic mass is 10.1. The topological polar surface area (TPSA) is 69.7 Å². The molecule has 6 nitrogen and oxygen atoms in total. The van der Waals surface area contributed by atoms with Crippen LogP contribution < -0.4 is 19.5 Å². The highest BCUT2D eigenvalue weighted by atomic mass is 32.1. The van der Waals surface area contributed by atoms with Gasteiger partial charge in [-0.05, 0) is 73.0 Å². The Hall–Kier alpha value is -3.88. The van der Waals surface area contributed by atoms with E-state index < -0.39 is 0 Å². The molecule has 0 spiro atoms. The summed E-state index contributed by atoms with van der Waals surface area (Å²) in [5, 5.41) is 4.89. The molecule has 2 aromatic heterocycles. The van der Waals surface area contributed by atoms with Crippen LogP contribution in [0, 0.1) is 6.92 Å². The number of thiophene rings is 1. The second kappa shape index (κ2) is 11.1. The third-order valence-corrected chi connectivity index (χ3v) is 8.93. The third kappa shape index (κ3) is 5.35. The maximum atomic E-state index is 13.4. The standard InChI is InChI=1S/C31H28N2O4S2/c1-3-4-15-35-22-12-10-21(11-13-22)29(34)33-31-28(30-32-23-7-5-6-8-26(23)38-30)19(2)27(39-31)17-20-9-14-24-25(16-20)37-18-36-24/h5-14,16H,3-4,15,17-18H2,1-2H3,(H,33,34). The van der Waals surface area contributed by atoms with Gasteiger partial charge in [-0.25, -0.2) is 4.98 Å². The number of amides is 1. The molecule has 0 unspecified atom stereocenters. The Kier molecular flexibility index (Phi) is 7.22. The van der Waals surface area contributed by atoms with Gasteiger partial charge in [0.25, 0.3) is 5.91 Å². The van der Waals surface area contributed by atoms with Crippen LogP contribution in [0.3, 0.4) is 0 Å². The fourth-order valence-electron chi connectivity index (χ4n) is 4.50. The lowest BCUT2D eigenvalue weighted by molar-refractivity contribution is 0.102. The summed E-state index contributed by atoms with van der Waals surface area (Å²) in [4.78, 5) is 19.4. The summed E-state index contributed by atoms with van der Waals surface area (Å²) in [6.45, 7) is 5.17. The SMILES string of the molecule is CCCCOc1ccc(C(=O)Nc2sc(Cc3ccc4c(c3)OCO4)c(C)c2-c2nc3ccccc3s2)cc1. The van der Waals surface area contributed by atoms with Crippen molar-refractivity contribution in [2.45, 2.75) is 33.1 Å². The van der Waals surface area contributed by atoms with Crippen LogP contribution in [-0.4, -0.2) is 24.3 Å². The fraction of sp³-hybridized carbons (Fsp3) is 0.226. The van der Waals surface area contributed by atoms with Crippen LogP contribution in [0.1, 0.15) is 46.1 Å². The average molecular weight is 557 g/mol. The number of thiazole rings is 1.